The molecule has 1 aromatic heterocycles. The molecule has 20 heavy (non-hydrogen) atoms. The van der Waals surface area contributed by atoms with E-state index >= 15 is 0 Å². The number of thiazole rings is 1. The summed E-state index contributed by atoms with van der Waals surface area (Å²) in [5.41, 5.74) is 0.946. The number of halogens is 1. The van der Waals surface area contributed by atoms with Crippen LogP contribution in [0.5, 0.6) is 0 Å². The molecule has 1 atom stereocenters. The predicted molar refractivity (Wildman–Crippen MR) is 80.2 cm³/mol. The van der Waals surface area contributed by atoms with Crippen LogP contribution in [0.25, 0.3) is 0 Å². The van der Waals surface area contributed by atoms with Crippen molar-refractivity contribution in [1.29, 1.82) is 0 Å². The average molecular weight is 318 g/mol. The van der Waals surface area contributed by atoms with Crippen LogP contribution in [0.4, 0.5) is 0 Å². The van der Waals surface area contributed by atoms with Crippen LogP contribution >= 0.6 is 22.9 Å². The standard InChI is InChI=1S/C13H20ClN3O2S/c1-15-13(18)11-8-19-6-5-17(11)4-2-3-12-16-10(7-14)9-20-12/h9,11H,2-8H2,1H3,(H,15,18). The van der Waals surface area contributed by atoms with Crippen LogP contribution in [0.1, 0.15) is 17.1 Å². The first kappa shape index (κ1) is 15.7. The fourth-order valence-electron chi connectivity index (χ4n) is 2.27. The number of likely N-dealkylation sites (N-methyl/N-ethyl adjacent to an activating group) is 1. The van der Waals surface area contributed by atoms with Crippen molar-refractivity contribution >= 4 is 28.8 Å². The maximum Gasteiger partial charge on any atom is 0.239 e. The molecule has 0 bridgehead atoms. The highest BCUT2D eigenvalue weighted by Crippen LogP contribution is 2.15. The zero-order valence-electron chi connectivity index (χ0n) is 11.6. The molecule has 0 spiro atoms. The number of morpholine rings is 1. The fraction of sp³-hybridized carbons (Fsp3) is 0.692. The molecular formula is C13H20ClN3O2S. The smallest absolute Gasteiger partial charge is 0.239 e. The maximum atomic E-state index is 11.8. The van der Waals surface area contributed by atoms with Gasteiger partial charge in [0.1, 0.15) is 6.04 Å². The highest BCUT2D eigenvalue weighted by atomic mass is 35.5. The molecule has 1 aliphatic rings. The van der Waals surface area contributed by atoms with Crippen LogP contribution in [0.15, 0.2) is 5.38 Å². The van der Waals surface area contributed by atoms with Gasteiger partial charge in [0.25, 0.3) is 0 Å². The van der Waals surface area contributed by atoms with Gasteiger partial charge in [-0.1, -0.05) is 0 Å². The summed E-state index contributed by atoms with van der Waals surface area (Å²) < 4.78 is 5.39. The van der Waals surface area contributed by atoms with Crippen LogP contribution in [0.2, 0.25) is 0 Å². The van der Waals surface area contributed by atoms with Crippen LogP contribution in [0, 0.1) is 0 Å². The Bertz CT molecular complexity index is 441. The molecule has 0 aromatic carbocycles. The van der Waals surface area contributed by atoms with Crippen LogP contribution in [-0.4, -0.2) is 55.2 Å². The fourth-order valence-corrected chi connectivity index (χ4v) is 3.34. The molecule has 2 rings (SSSR count). The Morgan fingerprint density at radius 3 is 3.25 bits per heavy atom. The van der Waals surface area contributed by atoms with E-state index in [9.17, 15) is 4.79 Å². The van der Waals surface area contributed by atoms with Crippen LogP contribution in [0.3, 0.4) is 0 Å². The minimum atomic E-state index is -0.163. The first-order valence-electron chi connectivity index (χ1n) is 6.77. The van der Waals surface area contributed by atoms with Gasteiger partial charge in [-0.05, 0) is 13.0 Å². The van der Waals surface area contributed by atoms with Crippen molar-refractivity contribution in [2.45, 2.75) is 24.8 Å². The highest BCUT2D eigenvalue weighted by molar-refractivity contribution is 7.09. The molecule has 0 saturated carbocycles. The number of ether oxygens (including phenoxy) is 1. The lowest BCUT2D eigenvalue weighted by Crippen LogP contribution is -2.53. The van der Waals surface area contributed by atoms with Crippen molar-refractivity contribution in [3.05, 3.63) is 16.1 Å². The molecule has 1 saturated heterocycles. The lowest BCUT2D eigenvalue weighted by molar-refractivity contribution is -0.132. The summed E-state index contributed by atoms with van der Waals surface area (Å²) >= 11 is 7.40. The van der Waals surface area contributed by atoms with Crippen LogP contribution < -0.4 is 5.32 Å². The largest absolute Gasteiger partial charge is 0.378 e. The number of carbonyl (C=O) groups excluding carboxylic acids is 1. The number of hydrogen-bond donors (Lipinski definition) is 1. The zero-order chi connectivity index (χ0) is 14.4. The van der Waals surface area contributed by atoms with E-state index in [2.05, 4.69) is 15.2 Å². The summed E-state index contributed by atoms with van der Waals surface area (Å²) in [6.45, 7) is 2.87. The van der Waals surface area contributed by atoms with Crippen LogP contribution in [-0.2, 0) is 21.8 Å². The summed E-state index contributed by atoms with van der Waals surface area (Å²) in [6, 6.07) is -0.163. The monoisotopic (exact) mass is 317 g/mol. The molecule has 1 amide bonds. The molecule has 7 heteroatoms. The number of nitrogens with one attached hydrogen (secondary N) is 1. The van der Waals surface area contributed by atoms with E-state index in [4.69, 9.17) is 16.3 Å². The number of aromatic nitrogens is 1. The molecule has 1 aromatic rings. The number of amides is 1. The van der Waals surface area contributed by atoms with E-state index in [0.717, 1.165) is 36.6 Å². The van der Waals surface area contributed by atoms with Crippen molar-refractivity contribution in [1.82, 2.24) is 15.2 Å². The Balaban J connectivity index is 1.80. The van der Waals surface area contributed by atoms with Gasteiger partial charge in [0, 0.05) is 25.4 Å². The number of aryl methyl sites for hydroxylation is 1. The number of rotatable bonds is 6. The number of hydrogen-bond acceptors (Lipinski definition) is 5. The first-order chi connectivity index (χ1) is 9.74. The Morgan fingerprint density at radius 2 is 2.55 bits per heavy atom. The van der Waals surface area contributed by atoms with Gasteiger partial charge in [-0.3, -0.25) is 9.69 Å². The van der Waals surface area contributed by atoms with E-state index < -0.39 is 0 Å². The summed E-state index contributed by atoms with van der Waals surface area (Å²) in [5.74, 6) is 0.502. The summed E-state index contributed by atoms with van der Waals surface area (Å²) in [4.78, 5) is 18.4. The highest BCUT2D eigenvalue weighted by Gasteiger charge is 2.28. The minimum absolute atomic E-state index is 0.0309. The third-order valence-corrected chi connectivity index (χ3v) is 4.59. The number of nitrogens with zero attached hydrogens (tertiary/aromatic N) is 2. The second-order valence-electron chi connectivity index (χ2n) is 4.71. The van der Waals surface area contributed by atoms with Crippen molar-refractivity contribution in [3.63, 3.8) is 0 Å². The van der Waals surface area contributed by atoms with Gasteiger partial charge in [0.15, 0.2) is 0 Å². The molecule has 1 fully saturated rings. The lowest BCUT2D eigenvalue weighted by atomic mass is 10.2. The predicted octanol–water partition coefficient (Wildman–Crippen LogP) is 1.26. The molecule has 112 valence electrons. The van der Waals surface area contributed by atoms with Crippen molar-refractivity contribution < 1.29 is 9.53 Å². The van der Waals surface area contributed by atoms with Crippen molar-refractivity contribution in [2.24, 2.45) is 0 Å². The Morgan fingerprint density at radius 1 is 1.70 bits per heavy atom. The van der Waals surface area contributed by atoms with E-state index in [1.807, 2.05) is 5.38 Å². The van der Waals surface area contributed by atoms with Gasteiger partial charge < -0.3 is 10.1 Å². The maximum absolute atomic E-state index is 11.8. The second kappa shape index (κ2) is 7.93. The average Bonchev–Trinajstić information content (AvgIpc) is 2.95. The Labute approximate surface area is 128 Å². The quantitative estimate of drug-likeness (QED) is 0.803. The van der Waals surface area contributed by atoms with Gasteiger partial charge >= 0.3 is 0 Å². The number of carbonyl (C=O) groups is 1. The second-order valence-corrected chi connectivity index (χ2v) is 5.92. The van der Waals surface area contributed by atoms with E-state index in [1.54, 1.807) is 18.4 Å². The molecule has 2 heterocycles. The summed E-state index contributed by atoms with van der Waals surface area (Å²) in [7, 11) is 1.67. The molecule has 0 aliphatic carbocycles. The van der Waals surface area contributed by atoms with Crippen molar-refractivity contribution in [3.8, 4) is 0 Å². The van der Waals surface area contributed by atoms with Gasteiger partial charge in [0.05, 0.1) is 29.8 Å². The van der Waals surface area contributed by atoms with Gasteiger partial charge in [-0.2, -0.15) is 0 Å². The van der Waals surface area contributed by atoms with Gasteiger partial charge in [-0.25, -0.2) is 4.98 Å². The molecule has 1 aliphatic heterocycles. The molecule has 1 N–H and O–H groups in total. The lowest BCUT2D eigenvalue weighted by Gasteiger charge is -2.34. The topological polar surface area (TPSA) is 54.5 Å². The first-order valence-corrected chi connectivity index (χ1v) is 8.18. The molecule has 5 nitrogen and oxygen atoms in total. The van der Waals surface area contributed by atoms with Gasteiger partial charge in [0.2, 0.25) is 5.91 Å². The summed E-state index contributed by atoms with van der Waals surface area (Å²) in [6.07, 6.45) is 1.92. The Hall–Kier alpha value is -0.690. The third kappa shape index (κ3) is 4.15. The minimum Gasteiger partial charge on any atom is -0.378 e. The molecular weight excluding hydrogens is 298 g/mol. The van der Waals surface area contributed by atoms with E-state index in [0.29, 0.717) is 19.1 Å². The third-order valence-electron chi connectivity index (χ3n) is 3.36. The van der Waals surface area contributed by atoms with Gasteiger partial charge in [-0.15, -0.1) is 22.9 Å². The van der Waals surface area contributed by atoms with E-state index in [1.165, 1.54) is 0 Å². The zero-order valence-corrected chi connectivity index (χ0v) is 13.2. The van der Waals surface area contributed by atoms with Crippen molar-refractivity contribution in [2.75, 3.05) is 33.4 Å². The number of alkyl halides is 1. The molecule has 0 radical (unpaired) electrons. The Kier molecular flexibility index (Phi) is 6.22. The normalized spacial score (nSPS) is 20.0. The molecule has 1 unspecified atom stereocenters. The summed E-state index contributed by atoms with van der Waals surface area (Å²) in [5, 5.41) is 5.82. The van der Waals surface area contributed by atoms with E-state index in [-0.39, 0.29) is 11.9 Å². The SMILES string of the molecule is CNC(=O)C1COCCN1CCCc1nc(CCl)cs1.